The Morgan fingerprint density at radius 3 is 2.71 bits per heavy atom. The third-order valence-corrected chi connectivity index (χ3v) is 7.12. The number of halogens is 1. The molecular formula is C25H26FN3O2. The smallest absolute Gasteiger partial charge is 0.199 e. The van der Waals surface area contributed by atoms with Gasteiger partial charge in [-0.05, 0) is 86.7 Å². The molecule has 0 aliphatic heterocycles. The van der Waals surface area contributed by atoms with Gasteiger partial charge in [0.15, 0.2) is 6.29 Å². The van der Waals surface area contributed by atoms with Gasteiger partial charge in [-0.2, -0.15) is 5.10 Å². The Labute approximate surface area is 181 Å². The van der Waals surface area contributed by atoms with E-state index in [-0.39, 0.29) is 11.2 Å². The van der Waals surface area contributed by atoms with Gasteiger partial charge in [-0.1, -0.05) is 12.5 Å². The predicted octanol–water partition coefficient (Wildman–Crippen LogP) is 4.92. The lowest BCUT2D eigenvalue weighted by Gasteiger charge is -2.44. The largest absolute Gasteiger partial charge is 0.363 e. The highest BCUT2D eigenvalue weighted by molar-refractivity contribution is 5.62. The standard InChI is InChI=1S/C25H26FN3O2/c1-16-9-11-27-21(12-16)23(30)31-25(3)10-8-18-13-22-17(14-24(18,25)2)15-28-29(22)20-6-4-19(26)5-7-20/h4-7,9,11-13,15,23,30H,8,10,14H2,1-3H3/t23?,24-,25-/m0/s1. The van der Waals surface area contributed by atoms with Crippen molar-refractivity contribution < 1.29 is 14.2 Å². The van der Waals surface area contributed by atoms with Crippen LogP contribution in [-0.4, -0.2) is 25.5 Å². The lowest BCUT2D eigenvalue weighted by molar-refractivity contribution is -0.213. The van der Waals surface area contributed by atoms with Crippen molar-refractivity contribution in [3.05, 3.63) is 82.7 Å². The van der Waals surface area contributed by atoms with E-state index in [1.165, 1.54) is 17.7 Å². The van der Waals surface area contributed by atoms with Crippen LogP contribution in [0.1, 0.15) is 55.5 Å². The Morgan fingerprint density at radius 2 is 1.97 bits per heavy atom. The van der Waals surface area contributed by atoms with E-state index >= 15 is 0 Å². The summed E-state index contributed by atoms with van der Waals surface area (Å²) in [5.74, 6) is -0.263. The van der Waals surface area contributed by atoms with Crippen molar-refractivity contribution in [1.82, 2.24) is 14.8 Å². The zero-order chi connectivity index (χ0) is 21.8. The van der Waals surface area contributed by atoms with E-state index < -0.39 is 11.9 Å². The van der Waals surface area contributed by atoms with E-state index in [4.69, 9.17) is 4.74 Å². The highest BCUT2D eigenvalue weighted by Gasteiger charge is 2.55. The Kier molecular flexibility index (Phi) is 4.61. The third kappa shape index (κ3) is 3.22. The molecule has 2 heterocycles. The number of hydrogen-bond acceptors (Lipinski definition) is 4. The average Bonchev–Trinajstić information content (AvgIpc) is 3.25. The van der Waals surface area contributed by atoms with Gasteiger partial charge in [0.1, 0.15) is 5.82 Å². The van der Waals surface area contributed by atoms with Crippen molar-refractivity contribution in [3.8, 4) is 5.69 Å². The molecule has 160 valence electrons. The Hall–Kier alpha value is -2.83. The number of hydrogen-bond donors (Lipinski definition) is 1. The number of nitrogens with zero attached hydrogens (tertiary/aromatic N) is 3. The van der Waals surface area contributed by atoms with Gasteiger partial charge in [0.2, 0.25) is 0 Å². The average molecular weight is 420 g/mol. The van der Waals surface area contributed by atoms with Crippen LogP contribution in [0, 0.1) is 18.2 Å². The van der Waals surface area contributed by atoms with Crippen LogP contribution in [0.2, 0.25) is 0 Å². The van der Waals surface area contributed by atoms with Crippen LogP contribution in [-0.2, 0) is 11.2 Å². The van der Waals surface area contributed by atoms with Gasteiger partial charge in [-0.25, -0.2) is 9.07 Å². The van der Waals surface area contributed by atoms with Gasteiger partial charge in [0, 0.05) is 11.6 Å². The van der Waals surface area contributed by atoms with Crippen molar-refractivity contribution in [3.63, 3.8) is 0 Å². The first-order valence-electron chi connectivity index (χ1n) is 10.6. The Balaban J connectivity index is 1.46. The summed E-state index contributed by atoms with van der Waals surface area (Å²) in [5, 5.41) is 15.4. The molecule has 1 unspecified atom stereocenters. The lowest BCUT2D eigenvalue weighted by atomic mass is 9.68. The second-order valence-electron chi connectivity index (χ2n) is 9.08. The molecule has 0 radical (unpaired) electrons. The van der Waals surface area contributed by atoms with Crippen LogP contribution < -0.4 is 0 Å². The van der Waals surface area contributed by atoms with E-state index in [1.54, 1.807) is 18.3 Å². The van der Waals surface area contributed by atoms with Crippen LogP contribution in [0.25, 0.3) is 11.8 Å². The van der Waals surface area contributed by atoms with Gasteiger partial charge in [0.25, 0.3) is 0 Å². The van der Waals surface area contributed by atoms with Gasteiger partial charge < -0.3 is 9.84 Å². The maximum absolute atomic E-state index is 13.3. The molecule has 2 aromatic heterocycles. The van der Waals surface area contributed by atoms with Crippen LogP contribution in [0.5, 0.6) is 0 Å². The van der Waals surface area contributed by atoms with Crippen molar-refractivity contribution in [2.45, 2.75) is 51.9 Å². The topological polar surface area (TPSA) is 60.2 Å². The van der Waals surface area contributed by atoms with Gasteiger partial charge in [-0.15, -0.1) is 0 Å². The number of pyridine rings is 1. The molecule has 0 spiro atoms. The van der Waals surface area contributed by atoms with Crippen LogP contribution in [0.15, 0.2) is 54.4 Å². The zero-order valence-corrected chi connectivity index (χ0v) is 18.0. The predicted molar refractivity (Wildman–Crippen MR) is 116 cm³/mol. The highest BCUT2D eigenvalue weighted by Crippen LogP contribution is 2.57. The highest BCUT2D eigenvalue weighted by atomic mass is 19.1. The number of benzene rings is 1. The zero-order valence-electron chi connectivity index (χ0n) is 18.0. The molecule has 3 aromatic rings. The fourth-order valence-corrected chi connectivity index (χ4v) is 5.00. The summed E-state index contributed by atoms with van der Waals surface area (Å²) < 4.78 is 21.5. The maximum Gasteiger partial charge on any atom is 0.199 e. The van der Waals surface area contributed by atoms with E-state index in [2.05, 4.69) is 30.0 Å². The SMILES string of the molecule is Cc1ccnc(C(O)O[C@@]2(C)CCC3=Cc4c(cnn4-c4ccc(F)cc4)C[C@@]32C)c1. The molecular weight excluding hydrogens is 393 g/mol. The number of fused-ring (bicyclic) bond motifs is 2. The van der Waals surface area contributed by atoms with E-state index in [9.17, 15) is 9.50 Å². The minimum absolute atomic E-state index is 0.262. The number of ether oxygens (including phenoxy) is 1. The van der Waals surface area contributed by atoms with Gasteiger partial charge in [-0.3, -0.25) is 4.98 Å². The van der Waals surface area contributed by atoms with Crippen molar-refractivity contribution >= 4 is 6.08 Å². The van der Waals surface area contributed by atoms with Gasteiger partial charge in [0.05, 0.1) is 28.9 Å². The normalized spacial score (nSPS) is 25.6. The molecule has 1 saturated carbocycles. The molecule has 0 amide bonds. The number of aryl methyl sites for hydroxylation is 1. The number of aliphatic hydroxyl groups excluding tert-OH is 1. The second kappa shape index (κ2) is 7.11. The third-order valence-electron chi connectivity index (χ3n) is 7.12. The summed E-state index contributed by atoms with van der Waals surface area (Å²) >= 11 is 0. The summed E-state index contributed by atoms with van der Waals surface area (Å²) in [6.45, 7) is 6.27. The van der Waals surface area contributed by atoms with Crippen molar-refractivity contribution in [2.75, 3.05) is 0 Å². The first kappa shape index (κ1) is 20.1. The number of rotatable bonds is 4. The van der Waals surface area contributed by atoms with E-state index in [0.717, 1.165) is 41.8 Å². The fourth-order valence-electron chi connectivity index (χ4n) is 5.00. The lowest BCUT2D eigenvalue weighted by Crippen LogP contribution is -2.45. The Bertz CT molecular complexity index is 1170. The molecule has 2 aliphatic rings. The molecule has 5 nitrogen and oxygen atoms in total. The van der Waals surface area contributed by atoms with E-state index in [1.807, 2.05) is 29.9 Å². The molecule has 1 fully saturated rings. The fraction of sp³-hybridized carbons (Fsp3) is 0.360. The molecule has 31 heavy (non-hydrogen) atoms. The number of aliphatic hydroxyl groups is 1. The monoisotopic (exact) mass is 419 g/mol. The van der Waals surface area contributed by atoms with Crippen LogP contribution in [0.4, 0.5) is 4.39 Å². The molecule has 1 aromatic carbocycles. The van der Waals surface area contributed by atoms with Crippen LogP contribution >= 0.6 is 0 Å². The summed E-state index contributed by atoms with van der Waals surface area (Å²) in [5.41, 5.74) is 5.03. The molecule has 6 heteroatoms. The minimum Gasteiger partial charge on any atom is -0.363 e. The summed E-state index contributed by atoms with van der Waals surface area (Å²) in [6.07, 6.45) is 7.15. The van der Waals surface area contributed by atoms with Crippen LogP contribution in [0.3, 0.4) is 0 Å². The first-order chi connectivity index (χ1) is 14.8. The first-order valence-corrected chi connectivity index (χ1v) is 10.6. The minimum atomic E-state index is -1.08. The molecule has 3 atom stereocenters. The summed E-state index contributed by atoms with van der Waals surface area (Å²) in [7, 11) is 0. The van der Waals surface area contributed by atoms with E-state index in [0.29, 0.717) is 5.69 Å². The molecule has 1 N–H and O–H groups in total. The molecule has 5 rings (SSSR count). The molecule has 2 aliphatic carbocycles. The van der Waals surface area contributed by atoms with Gasteiger partial charge >= 0.3 is 0 Å². The summed E-state index contributed by atoms with van der Waals surface area (Å²) in [6, 6.07) is 10.1. The number of aromatic nitrogens is 3. The molecule has 0 bridgehead atoms. The second-order valence-corrected chi connectivity index (χ2v) is 9.08. The molecule has 0 saturated heterocycles. The quantitative estimate of drug-likeness (QED) is 0.610. The van der Waals surface area contributed by atoms with Crippen molar-refractivity contribution in [2.24, 2.45) is 5.41 Å². The van der Waals surface area contributed by atoms with Crippen molar-refractivity contribution in [1.29, 1.82) is 0 Å². The summed E-state index contributed by atoms with van der Waals surface area (Å²) in [4.78, 5) is 4.29. The Morgan fingerprint density at radius 1 is 1.19 bits per heavy atom. The maximum atomic E-state index is 13.3.